The van der Waals surface area contributed by atoms with Crippen molar-refractivity contribution in [1.29, 1.82) is 0 Å². The van der Waals surface area contributed by atoms with E-state index in [1.807, 2.05) is 0 Å². The molecular formula is C12H14BrN. The number of hydrogen-bond acceptors (Lipinski definition) is 0. The van der Waals surface area contributed by atoms with Gasteiger partial charge in [0.25, 0.3) is 0 Å². The zero-order chi connectivity index (χ0) is 10.3. The molecule has 14 heavy (non-hydrogen) atoms. The smallest absolute Gasteiger partial charge is 0.0889 e. The Hall–Kier alpha value is -0.760. The van der Waals surface area contributed by atoms with Gasteiger partial charge in [0, 0.05) is 18.0 Å². The maximum atomic E-state index is 3.66. The molecular weight excluding hydrogens is 238 g/mol. The van der Waals surface area contributed by atoms with Gasteiger partial charge in [-0.3, -0.25) is 0 Å². The van der Waals surface area contributed by atoms with Gasteiger partial charge >= 0.3 is 0 Å². The van der Waals surface area contributed by atoms with E-state index in [0.29, 0.717) is 5.92 Å². The Morgan fingerprint density at radius 1 is 1.21 bits per heavy atom. The van der Waals surface area contributed by atoms with E-state index < -0.39 is 0 Å². The van der Waals surface area contributed by atoms with Gasteiger partial charge in [-0.1, -0.05) is 32.0 Å². The molecule has 0 atom stereocenters. The zero-order valence-electron chi connectivity index (χ0n) is 8.71. The van der Waals surface area contributed by atoms with Crippen LogP contribution in [0, 0.1) is 0 Å². The van der Waals surface area contributed by atoms with Gasteiger partial charge in [-0.25, -0.2) is 0 Å². The van der Waals surface area contributed by atoms with Crippen LogP contribution in [0.2, 0.25) is 0 Å². The number of fused-ring (bicyclic) bond motifs is 1. The van der Waals surface area contributed by atoms with Crippen LogP contribution in [-0.2, 0) is 7.05 Å². The summed E-state index contributed by atoms with van der Waals surface area (Å²) in [6.45, 7) is 4.46. The second-order valence-electron chi connectivity index (χ2n) is 3.94. The van der Waals surface area contributed by atoms with Gasteiger partial charge in [0.2, 0.25) is 0 Å². The summed E-state index contributed by atoms with van der Waals surface area (Å²) >= 11 is 3.66. The minimum absolute atomic E-state index is 0.551. The second kappa shape index (κ2) is 3.43. The third-order valence-electron chi connectivity index (χ3n) is 2.65. The van der Waals surface area contributed by atoms with E-state index in [0.717, 1.165) is 0 Å². The molecule has 0 saturated carbocycles. The predicted molar refractivity (Wildman–Crippen MR) is 64.7 cm³/mol. The molecule has 0 unspecified atom stereocenters. The van der Waals surface area contributed by atoms with E-state index in [9.17, 15) is 0 Å². The highest BCUT2D eigenvalue weighted by Crippen LogP contribution is 2.34. The molecule has 0 radical (unpaired) electrons. The Bertz CT molecular complexity index is 468. The summed E-state index contributed by atoms with van der Waals surface area (Å²) in [5.74, 6) is 0.551. The van der Waals surface area contributed by atoms with Crippen LogP contribution in [0.25, 0.3) is 10.9 Å². The van der Waals surface area contributed by atoms with Crippen molar-refractivity contribution in [1.82, 2.24) is 4.57 Å². The van der Waals surface area contributed by atoms with Gasteiger partial charge in [0.15, 0.2) is 0 Å². The third kappa shape index (κ3) is 1.29. The Kier molecular flexibility index (Phi) is 2.40. The fourth-order valence-corrected chi connectivity index (χ4v) is 2.80. The molecule has 0 aliphatic rings. The predicted octanol–water partition coefficient (Wildman–Crippen LogP) is 4.06. The minimum Gasteiger partial charge on any atom is -0.338 e. The highest BCUT2D eigenvalue weighted by Gasteiger charge is 2.14. The van der Waals surface area contributed by atoms with Crippen LogP contribution in [-0.4, -0.2) is 4.57 Å². The zero-order valence-corrected chi connectivity index (χ0v) is 10.3. The average Bonchev–Trinajstić information content (AvgIpc) is 2.41. The molecule has 0 amide bonds. The topological polar surface area (TPSA) is 4.93 Å². The summed E-state index contributed by atoms with van der Waals surface area (Å²) in [5, 5.41) is 1.36. The van der Waals surface area contributed by atoms with Crippen molar-refractivity contribution in [2.75, 3.05) is 0 Å². The second-order valence-corrected chi connectivity index (χ2v) is 4.69. The van der Waals surface area contributed by atoms with Crippen LogP contribution in [0.5, 0.6) is 0 Å². The Morgan fingerprint density at radius 2 is 1.86 bits per heavy atom. The van der Waals surface area contributed by atoms with Crippen molar-refractivity contribution < 1.29 is 0 Å². The van der Waals surface area contributed by atoms with E-state index >= 15 is 0 Å². The summed E-state index contributed by atoms with van der Waals surface area (Å²) < 4.78 is 3.40. The highest BCUT2D eigenvalue weighted by molar-refractivity contribution is 9.10. The molecule has 0 N–H and O–H groups in total. The molecule has 0 aliphatic heterocycles. The quantitative estimate of drug-likeness (QED) is 0.721. The summed E-state index contributed by atoms with van der Waals surface area (Å²) in [6, 6.07) is 8.53. The van der Waals surface area contributed by atoms with Gasteiger partial charge in [-0.2, -0.15) is 0 Å². The molecule has 0 saturated heterocycles. The number of aromatic nitrogens is 1. The lowest BCUT2D eigenvalue weighted by Gasteiger charge is -2.03. The lowest BCUT2D eigenvalue weighted by Crippen LogP contribution is -1.89. The fraction of sp³-hybridized carbons (Fsp3) is 0.333. The van der Waals surface area contributed by atoms with E-state index in [1.165, 1.54) is 21.1 Å². The lowest BCUT2D eigenvalue weighted by molar-refractivity contribution is 0.841. The average molecular weight is 252 g/mol. The Balaban J connectivity index is 2.88. The molecule has 0 fully saturated rings. The summed E-state index contributed by atoms with van der Waals surface area (Å²) in [6.07, 6.45) is 0. The van der Waals surface area contributed by atoms with Crippen molar-refractivity contribution in [3.05, 3.63) is 34.4 Å². The first kappa shape index (κ1) is 9.78. The molecule has 74 valence electrons. The van der Waals surface area contributed by atoms with E-state index in [1.54, 1.807) is 0 Å². The number of halogens is 1. The Morgan fingerprint density at radius 3 is 2.50 bits per heavy atom. The van der Waals surface area contributed by atoms with Crippen LogP contribution in [0.1, 0.15) is 25.3 Å². The molecule has 0 bridgehead atoms. The van der Waals surface area contributed by atoms with Gasteiger partial charge in [-0.15, -0.1) is 0 Å². The van der Waals surface area contributed by atoms with E-state index in [4.69, 9.17) is 0 Å². The number of aryl methyl sites for hydroxylation is 1. The Labute approximate surface area is 92.9 Å². The number of benzene rings is 1. The molecule has 1 aromatic heterocycles. The number of para-hydroxylation sites is 1. The maximum Gasteiger partial charge on any atom is 0.0889 e. The molecule has 1 aromatic carbocycles. The standard InChI is InChI=1S/C12H14BrN/c1-8(2)11-9-6-4-5-7-10(9)14(3)12(11)13/h4-8H,1-3H3. The molecule has 0 aliphatic carbocycles. The number of hydrogen-bond donors (Lipinski definition) is 0. The van der Waals surface area contributed by atoms with E-state index in [-0.39, 0.29) is 0 Å². The van der Waals surface area contributed by atoms with Crippen LogP contribution in [0.3, 0.4) is 0 Å². The molecule has 1 nitrogen and oxygen atoms in total. The van der Waals surface area contributed by atoms with Crippen LogP contribution in [0.15, 0.2) is 28.9 Å². The summed E-state index contributed by atoms with van der Waals surface area (Å²) in [4.78, 5) is 0. The van der Waals surface area contributed by atoms with Gasteiger partial charge < -0.3 is 4.57 Å². The van der Waals surface area contributed by atoms with Crippen molar-refractivity contribution in [2.45, 2.75) is 19.8 Å². The molecule has 2 heteroatoms. The number of nitrogens with zero attached hydrogens (tertiary/aromatic N) is 1. The normalized spacial score (nSPS) is 11.5. The van der Waals surface area contributed by atoms with Crippen LogP contribution >= 0.6 is 15.9 Å². The van der Waals surface area contributed by atoms with Gasteiger partial charge in [-0.05, 0) is 33.5 Å². The van der Waals surface area contributed by atoms with Crippen LogP contribution in [0.4, 0.5) is 0 Å². The van der Waals surface area contributed by atoms with E-state index in [2.05, 4.69) is 65.7 Å². The third-order valence-corrected chi connectivity index (χ3v) is 3.61. The molecule has 2 aromatic rings. The van der Waals surface area contributed by atoms with Crippen molar-refractivity contribution in [3.63, 3.8) is 0 Å². The maximum absolute atomic E-state index is 3.66. The van der Waals surface area contributed by atoms with Crippen molar-refractivity contribution in [3.8, 4) is 0 Å². The highest BCUT2D eigenvalue weighted by atomic mass is 79.9. The first-order valence-electron chi connectivity index (χ1n) is 4.85. The monoisotopic (exact) mass is 251 g/mol. The first-order chi connectivity index (χ1) is 6.63. The summed E-state index contributed by atoms with van der Waals surface area (Å²) in [5.41, 5.74) is 2.70. The van der Waals surface area contributed by atoms with Crippen LogP contribution < -0.4 is 0 Å². The first-order valence-corrected chi connectivity index (χ1v) is 5.65. The van der Waals surface area contributed by atoms with Crippen molar-refractivity contribution in [2.24, 2.45) is 7.05 Å². The summed E-state index contributed by atoms with van der Waals surface area (Å²) in [7, 11) is 2.10. The minimum atomic E-state index is 0.551. The lowest BCUT2D eigenvalue weighted by atomic mass is 10.0. The van der Waals surface area contributed by atoms with Gasteiger partial charge in [0.05, 0.1) is 4.60 Å². The number of rotatable bonds is 1. The van der Waals surface area contributed by atoms with Crippen molar-refractivity contribution >= 4 is 26.8 Å². The SMILES string of the molecule is CC(C)c1c(Br)n(C)c2ccccc12. The molecule has 2 rings (SSSR count). The molecule has 1 heterocycles. The van der Waals surface area contributed by atoms with Gasteiger partial charge in [0.1, 0.15) is 0 Å². The largest absolute Gasteiger partial charge is 0.338 e. The molecule has 0 spiro atoms. The fourth-order valence-electron chi connectivity index (χ4n) is 1.94.